The molecule has 0 saturated carbocycles. The van der Waals surface area contributed by atoms with E-state index in [1.165, 1.54) is 24.5 Å². The molecule has 0 aliphatic carbocycles. The Kier molecular flexibility index (Phi) is 8.81. The van der Waals surface area contributed by atoms with Crippen molar-refractivity contribution in [2.45, 2.75) is 34.1 Å². The number of aryl methyl sites for hydroxylation is 1. The van der Waals surface area contributed by atoms with Gasteiger partial charge in [0.1, 0.15) is 0 Å². The molecule has 1 saturated heterocycles. The summed E-state index contributed by atoms with van der Waals surface area (Å²) in [6.45, 7) is 7.50. The van der Waals surface area contributed by atoms with Gasteiger partial charge in [0.2, 0.25) is 0 Å². The van der Waals surface area contributed by atoms with Crippen LogP contribution >= 0.6 is 0 Å². The van der Waals surface area contributed by atoms with Crippen LogP contribution in [-0.4, -0.2) is 42.1 Å². The summed E-state index contributed by atoms with van der Waals surface area (Å²) in [5.41, 5.74) is 5.17. The van der Waals surface area contributed by atoms with E-state index in [-0.39, 0.29) is 13.4 Å². The highest BCUT2D eigenvalue weighted by molar-refractivity contribution is 5.87. The highest BCUT2D eigenvalue weighted by atomic mass is 16.5. The third-order valence-electron chi connectivity index (χ3n) is 4.84. The number of rotatable bonds is 7. The maximum Gasteiger partial charge on any atom is 0.330 e. The van der Waals surface area contributed by atoms with Gasteiger partial charge in [0.25, 0.3) is 0 Å². The third kappa shape index (κ3) is 6.68. The van der Waals surface area contributed by atoms with Crippen LogP contribution in [0.5, 0.6) is 0 Å². The minimum Gasteiger partial charge on any atom is -0.463 e. The maximum absolute atomic E-state index is 11.6. The first-order chi connectivity index (χ1) is 13.7. The molecule has 1 aliphatic rings. The molecule has 1 aliphatic heterocycles. The zero-order valence-corrected chi connectivity index (χ0v) is 16.7. The van der Waals surface area contributed by atoms with E-state index in [0.717, 1.165) is 42.2 Å². The summed E-state index contributed by atoms with van der Waals surface area (Å²) in [6.07, 6.45) is 7.96. The zero-order valence-electron chi connectivity index (χ0n) is 16.7. The molecule has 4 nitrogen and oxygen atoms in total. The molecule has 2 heterocycles. The zero-order chi connectivity index (χ0) is 19.8. The van der Waals surface area contributed by atoms with Crippen molar-refractivity contribution in [2.24, 2.45) is 0 Å². The van der Waals surface area contributed by atoms with Crippen LogP contribution in [0.1, 0.15) is 49.7 Å². The van der Waals surface area contributed by atoms with Gasteiger partial charge in [-0.3, -0.25) is 4.90 Å². The molecule has 1 fully saturated rings. The summed E-state index contributed by atoms with van der Waals surface area (Å²) in [7, 11) is 0. The number of esters is 1. The number of ether oxygens (including phenoxy) is 1. The molecule has 1 aromatic heterocycles. The predicted octanol–water partition coefficient (Wildman–Crippen LogP) is 5.13. The van der Waals surface area contributed by atoms with Gasteiger partial charge < -0.3 is 4.74 Å². The smallest absolute Gasteiger partial charge is 0.330 e. The van der Waals surface area contributed by atoms with Crippen molar-refractivity contribution in [1.29, 1.82) is 0 Å². The fraction of sp³-hybridized carbons (Fsp3) is 0.360. The summed E-state index contributed by atoms with van der Waals surface area (Å²) >= 11 is 0. The Morgan fingerprint density at radius 2 is 1.86 bits per heavy atom. The van der Waals surface area contributed by atoms with E-state index in [2.05, 4.69) is 42.2 Å². The van der Waals surface area contributed by atoms with Crippen LogP contribution in [0.15, 0.2) is 54.6 Å². The van der Waals surface area contributed by atoms with Crippen molar-refractivity contribution in [3.05, 3.63) is 77.1 Å². The van der Waals surface area contributed by atoms with Crippen molar-refractivity contribution >= 4 is 17.6 Å². The summed E-state index contributed by atoms with van der Waals surface area (Å²) < 4.78 is 4.95. The van der Waals surface area contributed by atoms with E-state index in [0.29, 0.717) is 6.61 Å². The monoisotopic (exact) mass is 392 g/mol. The van der Waals surface area contributed by atoms with Gasteiger partial charge in [-0.25, -0.2) is 9.78 Å². The van der Waals surface area contributed by atoms with Crippen LogP contribution in [0.25, 0.3) is 11.6 Å². The second kappa shape index (κ2) is 11.3. The maximum atomic E-state index is 11.6. The molecular formula is C25H32N2O2. The lowest BCUT2D eigenvalue weighted by Gasteiger charge is -2.14. The van der Waals surface area contributed by atoms with E-state index < -0.39 is 0 Å². The average molecular weight is 393 g/mol. The van der Waals surface area contributed by atoms with Crippen molar-refractivity contribution in [2.75, 3.05) is 26.2 Å². The van der Waals surface area contributed by atoms with Crippen molar-refractivity contribution in [3.8, 4) is 0 Å². The minimum atomic E-state index is -0.349. The second-order valence-corrected chi connectivity index (χ2v) is 7.02. The van der Waals surface area contributed by atoms with Gasteiger partial charge in [0.05, 0.1) is 18.0 Å². The lowest BCUT2D eigenvalue weighted by molar-refractivity contribution is -0.137. The molecule has 1 aromatic carbocycles. The van der Waals surface area contributed by atoms with Crippen molar-refractivity contribution in [3.63, 3.8) is 0 Å². The SMILES string of the molecule is C.CCOC(=O)/C=C\c1cccc(/C(=C/CN2CCCC2)c2ccc(C)cc2)n1. The number of hydrogen-bond donors (Lipinski definition) is 0. The van der Waals surface area contributed by atoms with Crippen LogP contribution < -0.4 is 0 Å². The summed E-state index contributed by atoms with van der Waals surface area (Å²) in [4.78, 5) is 18.8. The van der Waals surface area contributed by atoms with Gasteiger partial charge >= 0.3 is 5.97 Å². The van der Waals surface area contributed by atoms with E-state index in [4.69, 9.17) is 9.72 Å². The second-order valence-electron chi connectivity index (χ2n) is 7.02. The molecule has 0 N–H and O–H groups in total. The minimum absolute atomic E-state index is 0. The largest absolute Gasteiger partial charge is 0.463 e. The molecule has 0 bridgehead atoms. The first kappa shape index (κ1) is 22.6. The molecule has 0 spiro atoms. The number of likely N-dealkylation sites (tertiary alicyclic amines) is 1. The van der Waals surface area contributed by atoms with Crippen molar-refractivity contribution < 1.29 is 9.53 Å². The molecule has 0 unspecified atom stereocenters. The lowest BCUT2D eigenvalue weighted by atomic mass is 10.00. The topological polar surface area (TPSA) is 42.4 Å². The Balaban J connectivity index is 0.00000300. The van der Waals surface area contributed by atoms with Crippen LogP contribution in [0, 0.1) is 6.92 Å². The van der Waals surface area contributed by atoms with Crippen LogP contribution in [0.3, 0.4) is 0 Å². The Morgan fingerprint density at radius 1 is 1.14 bits per heavy atom. The molecule has 0 radical (unpaired) electrons. The first-order valence-electron chi connectivity index (χ1n) is 9.97. The molecule has 3 rings (SSSR count). The summed E-state index contributed by atoms with van der Waals surface area (Å²) in [6, 6.07) is 14.4. The number of carbonyl (C=O) groups excluding carboxylic acids is 1. The van der Waals surface area contributed by atoms with Crippen LogP contribution in [-0.2, 0) is 9.53 Å². The molecule has 29 heavy (non-hydrogen) atoms. The Hall–Kier alpha value is -2.72. The van der Waals surface area contributed by atoms with Gasteiger partial charge in [-0.2, -0.15) is 0 Å². The highest BCUT2D eigenvalue weighted by Gasteiger charge is 2.12. The van der Waals surface area contributed by atoms with E-state index >= 15 is 0 Å². The Labute approximate surface area is 174 Å². The third-order valence-corrected chi connectivity index (χ3v) is 4.84. The molecule has 154 valence electrons. The van der Waals surface area contributed by atoms with Crippen molar-refractivity contribution in [1.82, 2.24) is 9.88 Å². The normalized spacial score (nSPS) is 14.8. The highest BCUT2D eigenvalue weighted by Crippen LogP contribution is 2.23. The number of nitrogens with zero attached hydrogens (tertiary/aromatic N) is 2. The average Bonchev–Trinajstić information content (AvgIpc) is 3.22. The molecule has 0 amide bonds. The van der Waals surface area contributed by atoms with Gasteiger partial charge in [-0.15, -0.1) is 0 Å². The van der Waals surface area contributed by atoms with Gasteiger partial charge in [-0.1, -0.05) is 49.4 Å². The number of benzene rings is 1. The van der Waals surface area contributed by atoms with Crippen LogP contribution in [0.4, 0.5) is 0 Å². The van der Waals surface area contributed by atoms with Crippen LogP contribution in [0.2, 0.25) is 0 Å². The Bertz CT molecular complexity index is 847. The summed E-state index contributed by atoms with van der Waals surface area (Å²) in [5, 5.41) is 0. The standard InChI is InChI=1S/C24H28N2O2.CH4/c1-3-28-24(27)14-13-21-7-6-8-23(25-21)22(15-18-26-16-4-5-17-26)20-11-9-19(2)10-12-20;/h6-15H,3-5,16-18H2,1-2H3;1H4/b14-13-,22-15+;. The molecule has 4 heteroatoms. The number of hydrogen-bond acceptors (Lipinski definition) is 4. The molecule has 2 aromatic rings. The molecular weight excluding hydrogens is 360 g/mol. The fourth-order valence-corrected chi connectivity index (χ4v) is 3.33. The first-order valence-corrected chi connectivity index (χ1v) is 9.97. The van der Waals surface area contributed by atoms with E-state index in [1.807, 2.05) is 18.2 Å². The summed E-state index contributed by atoms with van der Waals surface area (Å²) in [5.74, 6) is -0.349. The van der Waals surface area contributed by atoms with E-state index in [9.17, 15) is 4.79 Å². The lowest BCUT2D eigenvalue weighted by Crippen LogP contribution is -2.19. The number of carbonyl (C=O) groups is 1. The predicted molar refractivity (Wildman–Crippen MR) is 121 cm³/mol. The van der Waals surface area contributed by atoms with E-state index in [1.54, 1.807) is 13.0 Å². The van der Waals surface area contributed by atoms with Gasteiger partial charge in [-0.05, 0) is 63.6 Å². The van der Waals surface area contributed by atoms with Gasteiger partial charge in [0, 0.05) is 18.2 Å². The number of aromatic nitrogens is 1. The fourth-order valence-electron chi connectivity index (χ4n) is 3.33. The van der Waals surface area contributed by atoms with Gasteiger partial charge in [0.15, 0.2) is 0 Å². The number of pyridine rings is 1. The molecule has 0 atom stereocenters. The quantitative estimate of drug-likeness (QED) is 0.484. The Morgan fingerprint density at radius 3 is 2.55 bits per heavy atom.